The molecule has 2 heterocycles. The zero-order chi connectivity index (χ0) is 16.6. The average molecular weight is 384 g/mol. The van der Waals surface area contributed by atoms with Crippen molar-refractivity contribution >= 4 is 33.1 Å². The van der Waals surface area contributed by atoms with E-state index in [1.165, 1.54) is 4.88 Å². The first-order valence-corrected chi connectivity index (χ1v) is 8.65. The highest BCUT2D eigenvalue weighted by Gasteiger charge is 2.19. The van der Waals surface area contributed by atoms with Crippen LogP contribution in [0, 0.1) is 25.2 Å². The number of aromatic nitrogens is 1. The van der Waals surface area contributed by atoms with Crippen molar-refractivity contribution in [1.82, 2.24) is 4.98 Å². The molecule has 114 valence electrons. The van der Waals surface area contributed by atoms with Crippen LogP contribution in [0.25, 0.3) is 21.7 Å². The maximum absolute atomic E-state index is 9.52. The van der Waals surface area contributed by atoms with Crippen LogP contribution in [0.15, 0.2) is 40.9 Å². The number of hydrogen-bond acceptors (Lipinski definition) is 4. The Bertz CT molecular complexity index is 921. The van der Waals surface area contributed by atoms with Crippen LogP contribution < -0.4 is 5.73 Å². The van der Waals surface area contributed by atoms with E-state index in [1.54, 1.807) is 11.3 Å². The van der Waals surface area contributed by atoms with E-state index in [1.807, 2.05) is 37.3 Å². The molecule has 2 N–H and O–H groups in total. The van der Waals surface area contributed by atoms with Crippen molar-refractivity contribution in [3.05, 3.63) is 56.9 Å². The van der Waals surface area contributed by atoms with Crippen LogP contribution in [0.3, 0.4) is 0 Å². The predicted molar refractivity (Wildman–Crippen MR) is 99.3 cm³/mol. The van der Waals surface area contributed by atoms with Gasteiger partial charge in [0.25, 0.3) is 0 Å². The minimum absolute atomic E-state index is 0.275. The fraction of sp³-hybridized carbons (Fsp3) is 0.111. The van der Waals surface area contributed by atoms with Crippen molar-refractivity contribution in [3.63, 3.8) is 0 Å². The number of nitrogens with zero attached hydrogens (tertiary/aromatic N) is 2. The van der Waals surface area contributed by atoms with E-state index >= 15 is 0 Å². The molecule has 1 aromatic carbocycles. The number of nitrogens with two attached hydrogens (primary N) is 1. The molecular weight excluding hydrogens is 370 g/mol. The third-order valence-corrected chi connectivity index (χ3v) is 5.23. The molecule has 0 atom stereocenters. The van der Waals surface area contributed by atoms with Gasteiger partial charge in [0.05, 0.1) is 5.69 Å². The smallest absolute Gasteiger partial charge is 0.142 e. The number of nitriles is 1. The van der Waals surface area contributed by atoms with Crippen LogP contribution in [0.5, 0.6) is 0 Å². The zero-order valence-corrected chi connectivity index (χ0v) is 15.1. The van der Waals surface area contributed by atoms with Gasteiger partial charge in [0.2, 0.25) is 0 Å². The van der Waals surface area contributed by atoms with Gasteiger partial charge in [-0.05, 0) is 43.7 Å². The van der Waals surface area contributed by atoms with Crippen molar-refractivity contribution in [1.29, 1.82) is 5.26 Å². The standard InChI is InChI=1S/C18H14BrN3S/c1-10-3-8-15(23-10)16-11(2)17(22-18(21)14(16)9-20)12-4-6-13(19)7-5-12/h3-8H,1-2H3,(H2,21,22). The number of hydrogen-bond donors (Lipinski definition) is 1. The Morgan fingerprint density at radius 2 is 1.83 bits per heavy atom. The largest absolute Gasteiger partial charge is 0.383 e. The summed E-state index contributed by atoms with van der Waals surface area (Å²) in [5, 5.41) is 9.52. The second-order valence-corrected chi connectivity index (χ2v) is 7.45. The maximum atomic E-state index is 9.52. The number of nitrogen functional groups attached to an aromatic ring is 1. The molecule has 3 rings (SSSR count). The first-order chi connectivity index (χ1) is 11.0. The number of aryl methyl sites for hydroxylation is 1. The van der Waals surface area contributed by atoms with E-state index < -0.39 is 0 Å². The van der Waals surface area contributed by atoms with Crippen molar-refractivity contribution in [2.75, 3.05) is 5.73 Å². The van der Waals surface area contributed by atoms with Gasteiger partial charge in [0, 0.05) is 25.4 Å². The molecule has 0 amide bonds. The highest BCUT2D eigenvalue weighted by Crippen LogP contribution is 2.38. The summed E-state index contributed by atoms with van der Waals surface area (Å²) in [7, 11) is 0. The molecule has 0 aliphatic carbocycles. The number of thiophene rings is 1. The van der Waals surface area contributed by atoms with Gasteiger partial charge in [0.1, 0.15) is 17.5 Å². The lowest BCUT2D eigenvalue weighted by atomic mass is 9.97. The van der Waals surface area contributed by atoms with Crippen molar-refractivity contribution in [3.8, 4) is 27.8 Å². The van der Waals surface area contributed by atoms with E-state index in [9.17, 15) is 5.26 Å². The summed E-state index contributed by atoms with van der Waals surface area (Å²) < 4.78 is 1.01. The molecule has 0 unspecified atom stereocenters. The van der Waals surface area contributed by atoms with Crippen LogP contribution in [0.2, 0.25) is 0 Å². The highest BCUT2D eigenvalue weighted by molar-refractivity contribution is 9.10. The minimum atomic E-state index is 0.275. The average Bonchev–Trinajstić information content (AvgIpc) is 2.95. The minimum Gasteiger partial charge on any atom is -0.383 e. The van der Waals surface area contributed by atoms with Gasteiger partial charge in [-0.25, -0.2) is 4.98 Å². The van der Waals surface area contributed by atoms with E-state index in [-0.39, 0.29) is 5.82 Å². The molecule has 0 saturated carbocycles. The number of benzene rings is 1. The Hall–Kier alpha value is -2.16. The molecule has 0 bridgehead atoms. The van der Waals surface area contributed by atoms with Crippen molar-refractivity contribution in [2.24, 2.45) is 0 Å². The van der Waals surface area contributed by atoms with Crippen LogP contribution in [0.1, 0.15) is 16.0 Å². The molecule has 5 heteroatoms. The topological polar surface area (TPSA) is 62.7 Å². The quantitative estimate of drug-likeness (QED) is 0.651. The molecule has 0 spiro atoms. The molecule has 3 aromatic rings. The van der Waals surface area contributed by atoms with Gasteiger partial charge >= 0.3 is 0 Å². The van der Waals surface area contributed by atoms with E-state index in [0.717, 1.165) is 31.7 Å². The lowest BCUT2D eigenvalue weighted by Crippen LogP contribution is -2.02. The van der Waals surface area contributed by atoms with Crippen LogP contribution in [-0.2, 0) is 0 Å². The molecule has 2 aromatic heterocycles. The normalized spacial score (nSPS) is 10.5. The SMILES string of the molecule is Cc1ccc(-c2c(C)c(-c3ccc(Br)cc3)nc(N)c2C#N)s1. The molecule has 23 heavy (non-hydrogen) atoms. The lowest BCUT2D eigenvalue weighted by Gasteiger charge is -2.14. The molecule has 0 fully saturated rings. The van der Waals surface area contributed by atoms with Crippen LogP contribution in [-0.4, -0.2) is 4.98 Å². The molecule has 0 radical (unpaired) electrons. The third kappa shape index (κ3) is 2.88. The van der Waals surface area contributed by atoms with Gasteiger partial charge in [-0.1, -0.05) is 28.1 Å². The predicted octanol–water partition coefficient (Wildman–Crippen LogP) is 5.31. The maximum Gasteiger partial charge on any atom is 0.142 e. The second kappa shape index (κ2) is 6.15. The molecular formula is C18H14BrN3S. The molecule has 3 nitrogen and oxygen atoms in total. The Kier molecular flexibility index (Phi) is 4.20. The highest BCUT2D eigenvalue weighted by atomic mass is 79.9. The van der Waals surface area contributed by atoms with E-state index in [4.69, 9.17) is 5.73 Å². The summed E-state index contributed by atoms with van der Waals surface area (Å²) in [5.74, 6) is 0.275. The fourth-order valence-corrected chi connectivity index (χ4v) is 3.81. The first-order valence-electron chi connectivity index (χ1n) is 7.04. The van der Waals surface area contributed by atoms with E-state index in [0.29, 0.717) is 5.56 Å². The van der Waals surface area contributed by atoms with Gasteiger partial charge in [-0.2, -0.15) is 5.26 Å². The molecule has 0 aliphatic rings. The molecule has 0 saturated heterocycles. The summed E-state index contributed by atoms with van der Waals surface area (Å²) in [6.07, 6.45) is 0. The van der Waals surface area contributed by atoms with E-state index in [2.05, 4.69) is 40.0 Å². The Labute approximate surface area is 147 Å². The fourth-order valence-electron chi connectivity index (χ4n) is 2.57. The Morgan fingerprint density at radius 3 is 2.39 bits per heavy atom. The van der Waals surface area contributed by atoms with Gasteiger partial charge in [-0.3, -0.25) is 0 Å². The van der Waals surface area contributed by atoms with Crippen LogP contribution in [0.4, 0.5) is 5.82 Å². The zero-order valence-electron chi connectivity index (χ0n) is 12.7. The summed E-state index contributed by atoms with van der Waals surface area (Å²) in [6.45, 7) is 4.05. The van der Waals surface area contributed by atoms with Crippen LogP contribution >= 0.6 is 27.3 Å². The third-order valence-electron chi connectivity index (χ3n) is 3.68. The van der Waals surface area contributed by atoms with Gasteiger partial charge in [0.15, 0.2) is 0 Å². The van der Waals surface area contributed by atoms with Crippen molar-refractivity contribution in [2.45, 2.75) is 13.8 Å². The number of anilines is 1. The second-order valence-electron chi connectivity index (χ2n) is 5.25. The Balaban J connectivity index is 2.30. The summed E-state index contributed by atoms with van der Waals surface area (Å²) in [4.78, 5) is 6.72. The van der Waals surface area contributed by atoms with Gasteiger partial charge < -0.3 is 5.73 Å². The van der Waals surface area contributed by atoms with Gasteiger partial charge in [-0.15, -0.1) is 11.3 Å². The summed E-state index contributed by atoms with van der Waals surface area (Å²) in [5.41, 5.74) is 10.2. The number of rotatable bonds is 2. The number of halogens is 1. The molecule has 0 aliphatic heterocycles. The number of pyridine rings is 1. The monoisotopic (exact) mass is 383 g/mol. The Morgan fingerprint density at radius 1 is 1.13 bits per heavy atom. The lowest BCUT2D eigenvalue weighted by molar-refractivity contribution is 1.26. The summed E-state index contributed by atoms with van der Waals surface area (Å²) in [6, 6.07) is 14.2. The van der Waals surface area contributed by atoms with Crippen molar-refractivity contribution < 1.29 is 0 Å². The first kappa shape index (κ1) is 15.7. The summed E-state index contributed by atoms with van der Waals surface area (Å²) >= 11 is 5.10.